The molecule has 0 spiro atoms. The van der Waals surface area contributed by atoms with Crippen LogP contribution in [0.3, 0.4) is 0 Å². The standard InChI is InChI=1S/C7H4BF3NO.K/c9-8(10,11)7-12-5-3-1-2-4-6(5)13-7;/h1-4H;/q-1;+1. The Hall–Kier alpha value is 0.181. The monoisotopic (exact) mass is 225 g/mol. The molecular weight excluding hydrogens is 221 g/mol. The van der Waals surface area contributed by atoms with E-state index in [-0.39, 0.29) is 62.5 Å². The maximum atomic E-state index is 12.1. The van der Waals surface area contributed by atoms with Gasteiger partial charge in [-0.15, -0.1) is 0 Å². The van der Waals surface area contributed by atoms with Crippen LogP contribution in [0.15, 0.2) is 28.7 Å². The number of aromatic nitrogens is 1. The van der Waals surface area contributed by atoms with Crippen LogP contribution in [0.2, 0.25) is 0 Å². The molecule has 0 aliphatic heterocycles. The first-order valence-electron chi connectivity index (χ1n) is 3.63. The zero-order chi connectivity index (χ0) is 9.47. The average Bonchev–Trinajstić information content (AvgIpc) is 2.45. The number of nitrogens with zero attached hydrogens (tertiary/aromatic N) is 1. The molecule has 68 valence electrons. The predicted molar refractivity (Wildman–Crippen MR) is 42.7 cm³/mol. The summed E-state index contributed by atoms with van der Waals surface area (Å²) in [6, 6.07) is 6.14. The normalized spacial score (nSPS) is 11.4. The first-order valence-corrected chi connectivity index (χ1v) is 3.63. The minimum Gasteiger partial charge on any atom is -0.472 e. The van der Waals surface area contributed by atoms with Gasteiger partial charge in [-0.25, -0.2) is 4.98 Å². The SMILES string of the molecule is F[B-](F)(F)c1nc2ccccc2o1.[K+]. The van der Waals surface area contributed by atoms with E-state index >= 15 is 0 Å². The van der Waals surface area contributed by atoms with Crippen molar-refractivity contribution >= 4 is 23.9 Å². The summed E-state index contributed by atoms with van der Waals surface area (Å²) < 4.78 is 40.9. The van der Waals surface area contributed by atoms with E-state index in [1.54, 1.807) is 12.1 Å². The third-order valence-electron chi connectivity index (χ3n) is 1.59. The number of fused-ring (bicyclic) bond motifs is 1. The molecule has 14 heavy (non-hydrogen) atoms. The van der Waals surface area contributed by atoms with Gasteiger partial charge in [-0.2, -0.15) is 0 Å². The van der Waals surface area contributed by atoms with Gasteiger partial charge >= 0.3 is 58.4 Å². The fourth-order valence-corrected chi connectivity index (χ4v) is 1.03. The number of hydrogen-bond donors (Lipinski definition) is 0. The van der Waals surface area contributed by atoms with Gasteiger partial charge in [0.15, 0.2) is 0 Å². The van der Waals surface area contributed by atoms with Crippen LogP contribution in [0.5, 0.6) is 0 Å². The Morgan fingerprint density at radius 1 is 1.14 bits per heavy atom. The topological polar surface area (TPSA) is 26.0 Å². The van der Waals surface area contributed by atoms with Gasteiger partial charge in [-0.1, -0.05) is 12.1 Å². The molecule has 1 aromatic heterocycles. The summed E-state index contributed by atoms with van der Waals surface area (Å²) in [5.74, 6) is -1.14. The van der Waals surface area contributed by atoms with Crippen LogP contribution in [0.1, 0.15) is 0 Å². The van der Waals surface area contributed by atoms with Gasteiger partial charge in [0.1, 0.15) is 16.9 Å². The second-order valence-corrected chi connectivity index (χ2v) is 2.59. The van der Waals surface area contributed by atoms with Gasteiger partial charge in [-0.05, 0) is 12.1 Å². The number of hydrogen-bond acceptors (Lipinski definition) is 2. The van der Waals surface area contributed by atoms with Crippen LogP contribution in [0.4, 0.5) is 12.9 Å². The van der Waals surface area contributed by atoms with Crippen LogP contribution in [-0.2, 0) is 0 Å². The van der Waals surface area contributed by atoms with Crippen LogP contribution in [0.25, 0.3) is 11.1 Å². The van der Waals surface area contributed by atoms with Crippen molar-refractivity contribution in [1.29, 1.82) is 0 Å². The number of rotatable bonds is 1. The van der Waals surface area contributed by atoms with Gasteiger partial charge in [0.05, 0.1) is 0 Å². The smallest absolute Gasteiger partial charge is 0.472 e. The molecule has 0 saturated carbocycles. The summed E-state index contributed by atoms with van der Waals surface area (Å²) >= 11 is 0. The van der Waals surface area contributed by atoms with Crippen LogP contribution in [0, 0.1) is 0 Å². The van der Waals surface area contributed by atoms with Crippen molar-refractivity contribution in [3.8, 4) is 0 Å². The zero-order valence-corrected chi connectivity index (χ0v) is 10.5. The molecule has 0 aliphatic carbocycles. The fourth-order valence-electron chi connectivity index (χ4n) is 1.03. The largest absolute Gasteiger partial charge is 1.00 e. The Bertz CT molecular complexity index is 409. The summed E-state index contributed by atoms with van der Waals surface area (Å²) in [5, 5.41) is 0. The summed E-state index contributed by atoms with van der Waals surface area (Å²) in [7, 11) is 0. The molecule has 0 unspecified atom stereocenters. The molecule has 1 heterocycles. The Labute approximate surface area is 120 Å². The molecule has 7 heteroatoms. The molecule has 1 aromatic carbocycles. The van der Waals surface area contributed by atoms with Crippen molar-refractivity contribution in [2.24, 2.45) is 0 Å². The number of benzene rings is 1. The molecule has 0 fully saturated rings. The summed E-state index contributed by atoms with van der Waals surface area (Å²) in [4.78, 5) is 3.32. The van der Waals surface area contributed by atoms with Crippen LogP contribution in [-0.4, -0.2) is 12.0 Å². The number of halogens is 3. The molecule has 2 nitrogen and oxygen atoms in total. The minimum absolute atomic E-state index is 0. The third-order valence-corrected chi connectivity index (χ3v) is 1.59. The second kappa shape index (κ2) is 4.36. The molecule has 0 saturated heterocycles. The average molecular weight is 225 g/mol. The first-order chi connectivity index (χ1) is 6.07. The maximum Gasteiger partial charge on any atom is 1.00 e. The van der Waals surface area contributed by atoms with Gasteiger partial charge in [0, 0.05) is 0 Å². The Balaban J connectivity index is 0.000000980. The van der Waals surface area contributed by atoms with Crippen molar-refractivity contribution in [3.63, 3.8) is 0 Å². The molecular formula is C7H4BF3KNO. The zero-order valence-electron chi connectivity index (χ0n) is 7.38. The fraction of sp³-hybridized carbons (Fsp3) is 0. The second-order valence-electron chi connectivity index (χ2n) is 2.59. The van der Waals surface area contributed by atoms with Crippen molar-refractivity contribution in [3.05, 3.63) is 24.3 Å². The van der Waals surface area contributed by atoms with Crippen molar-refractivity contribution in [1.82, 2.24) is 4.98 Å². The van der Waals surface area contributed by atoms with E-state index in [2.05, 4.69) is 9.40 Å². The molecule has 0 bridgehead atoms. The molecule has 0 atom stereocenters. The molecule has 0 aliphatic rings. The van der Waals surface area contributed by atoms with E-state index in [4.69, 9.17) is 0 Å². The number of oxazole rings is 1. The van der Waals surface area contributed by atoms with E-state index < -0.39 is 12.8 Å². The van der Waals surface area contributed by atoms with Crippen molar-refractivity contribution in [2.75, 3.05) is 0 Å². The predicted octanol–water partition coefficient (Wildman–Crippen LogP) is -1.11. The maximum absolute atomic E-state index is 12.1. The van der Waals surface area contributed by atoms with Crippen LogP contribution < -0.4 is 57.2 Å². The quantitative estimate of drug-likeness (QED) is 0.575. The molecule has 2 rings (SSSR count). The Morgan fingerprint density at radius 2 is 1.79 bits per heavy atom. The first kappa shape index (κ1) is 12.3. The van der Waals surface area contributed by atoms with E-state index in [1.165, 1.54) is 12.1 Å². The Morgan fingerprint density at radius 3 is 2.36 bits per heavy atom. The Kier molecular flexibility index (Phi) is 3.82. The minimum atomic E-state index is -5.14. The van der Waals surface area contributed by atoms with Crippen molar-refractivity contribution < 1.29 is 68.7 Å². The molecule has 2 aromatic rings. The van der Waals surface area contributed by atoms with Gasteiger partial charge in [-0.3, -0.25) is 0 Å². The van der Waals surface area contributed by atoms with Gasteiger partial charge in [0.25, 0.3) is 0 Å². The molecule has 0 amide bonds. The van der Waals surface area contributed by atoms with Gasteiger partial charge in [0.2, 0.25) is 0 Å². The van der Waals surface area contributed by atoms with Gasteiger partial charge < -0.3 is 17.4 Å². The van der Waals surface area contributed by atoms with E-state index in [0.29, 0.717) is 0 Å². The summed E-state index contributed by atoms with van der Waals surface area (Å²) in [6.07, 6.45) is 0. The van der Waals surface area contributed by atoms with E-state index in [1.807, 2.05) is 0 Å². The summed E-state index contributed by atoms with van der Waals surface area (Å²) in [6.45, 7) is -5.14. The molecule has 0 radical (unpaired) electrons. The van der Waals surface area contributed by atoms with Crippen LogP contribution >= 0.6 is 0 Å². The summed E-state index contributed by atoms with van der Waals surface area (Å²) in [5.41, 5.74) is 0.397. The van der Waals surface area contributed by atoms with E-state index in [9.17, 15) is 12.9 Å². The van der Waals surface area contributed by atoms with Crippen molar-refractivity contribution in [2.45, 2.75) is 0 Å². The number of para-hydroxylation sites is 2. The van der Waals surface area contributed by atoms with E-state index in [0.717, 1.165) is 0 Å². The third kappa shape index (κ3) is 2.40. The molecule has 0 N–H and O–H groups in total.